The molecule has 1 N–H and O–H groups in total. The molecule has 2 nitrogen and oxygen atoms in total. The molecule has 0 aliphatic carbocycles. The standard InChI is InChI=1S/C13H11NO.ClH/c15-13-7-2-1-5-11(13)8-9-12-6-3-4-10-14-12;/h1-10,15H;1H/b9-8+;. The van der Waals surface area contributed by atoms with Gasteiger partial charge >= 0.3 is 0 Å². The lowest BCUT2D eigenvalue weighted by atomic mass is 10.2. The van der Waals surface area contributed by atoms with Crippen molar-refractivity contribution in [3.8, 4) is 5.75 Å². The average Bonchev–Trinajstić information content (AvgIpc) is 2.29. The third kappa shape index (κ3) is 3.11. The van der Waals surface area contributed by atoms with Gasteiger partial charge in [-0.3, -0.25) is 4.98 Å². The van der Waals surface area contributed by atoms with Crippen LogP contribution in [0.2, 0.25) is 0 Å². The maximum Gasteiger partial charge on any atom is 0.122 e. The number of para-hydroxylation sites is 1. The molecule has 3 heteroatoms. The second kappa shape index (κ2) is 5.93. The normalized spacial score (nSPS) is 10.0. The first-order valence-electron chi connectivity index (χ1n) is 4.73. The van der Waals surface area contributed by atoms with Crippen LogP contribution in [0.4, 0.5) is 0 Å². The summed E-state index contributed by atoms with van der Waals surface area (Å²) in [6.45, 7) is 0. The fraction of sp³-hybridized carbons (Fsp3) is 0. The summed E-state index contributed by atoms with van der Waals surface area (Å²) in [6.07, 6.45) is 5.46. The van der Waals surface area contributed by atoms with Crippen LogP contribution in [0.1, 0.15) is 11.3 Å². The summed E-state index contributed by atoms with van der Waals surface area (Å²) < 4.78 is 0. The highest BCUT2D eigenvalue weighted by Gasteiger charge is 1.93. The van der Waals surface area contributed by atoms with Crippen LogP contribution in [0.5, 0.6) is 5.75 Å². The lowest BCUT2D eigenvalue weighted by Crippen LogP contribution is -1.77. The van der Waals surface area contributed by atoms with Gasteiger partial charge in [-0.05, 0) is 30.4 Å². The zero-order valence-electron chi connectivity index (χ0n) is 8.58. The number of aromatic hydroxyl groups is 1. The van der Waals surface area contributed by atoms with Crippen LogP contribution < -0.4 is 0 Å². The molecule has 1 aromatic heterocycles. The summed E-state index contributed by atoms with van der Waals surface area (Å²) in [5, 5.41) is 9.52. The predicted octanol–water partition coefficient (Wildman–Crippen LogP) is 3.38. The Morgan fingerprint density at radius 3 is 2.38 bits per heavy atom. The van der Waals surface area contributed by atoms with Gasteiger partial charge in [-0.2, -0.15) is 0 Å². The second-order valence-electron chi connectivity index (χ2n) is 3.15. The fourth-order valence-corrected chi connectivity index (χ4v) is 1.28. The highest BCUT2D eigenvalue weighted by atomic mass is 35.5. The number of rotatable bonds is 2. The van der Waals surface area contributed by atoms with Crippen LogP contribution in [0.15, 0.2) is 48.7 Å². The van der Waals surface area contributed by atoms with Crippen LogP contribution in [-0.4, -0.2) is 10.1 Å². The monoisotopic (exact) mass is 233 g/mol. The van der Waals surface area contributed by atoms with Crippen LogP contribution in [-0.2, 0) is 0 Å². The molecule has 16 heavy (non-hydrogen) atoms. The van der Waals surface area contributed by atoms with Crippen LogP contribution >= 0.6 is 12.4 Å². The number of halogens is 1. The number of aromatic nitrogens is 1. The molecular formula is C13H12ClNO. The number of hydrogen-bond donors (Lipinski definition) is 1. The van der Waals surface area contributed by atoms with Gasteiger partial charge in [0.25, 0.3) is 0 Å². The minimum absolute atomic E-state index is 0. The Morgan fingerprint density at radius 1 is 0.938 bits per heavy atom. The topological polar surface area (TPSA) is 33.1 Å². The van der Waals surface area contributed by atoms with Gasteiger partial charge < -0.3 is 5.11 Å². The molecule has 0 aliphatic heterocycles. The zero-order chi connectivity index (χ0) is 10.5. The smallest absolute Gasteiger partial charge is 0.122 e. The van der Waals surface area contributed by atoms with E-state index in [2.05, 4.69) is 4.98 Å². The van der Waals surface area contributed by atoms with Crippen molar-refractivity contribution in [2.45, 2.75) is 0 Å². The molecule has 0 bridgehead atoms. The molecular weight excluding hydrogens is 222 g/mol. The molecule has 82 valence electrons. The van der Waals surface area contributed by atoms with Crippen LogP contribution in [0, 0.1) is 0 Å². The molecule has 0 fully saturated rings. The summed E-state index contributed by atoms with van der Waals surface area (Å²) >= 11 is 0. The van der Waals surface area contributed by atoms with Gasteiger partial charge in [-0.25, -0.2) is 0 Å². The van der Waals surface area contributed by atoms with Crippen molar-refractivity contribution in [2.75, 3.05) is 0 Å². The van der Waals surface area contributed by atoms with E-state index in [-0.39, 0.29) is 18.2 Å². The van der Waals surface area contributed by atoms with Gasteiger partial charge in [0, 0.05) is 11.8 Å². The van der Waals surface area contributed by atoms with E-state index < -0.39 is 0 Å². The molecule has 0 saturated carbocycles. The highest BCUT2D eigenvalue weighted by molar-refractivity contribution is 5.85. The van der Waals surface area contributed by atoms with E-state index >= 15 is 0 Å². The molecule has 2 aromatic rings. The van der Waals surface area contributed by atoms with E-state index in [0.29, 0.717) is 0 Å². The first-order valence-corrected chi connectivity index (χ1v) is 4.73. The van der Waals surface area contributed by atoms with Crippen molar-refractivity contribution in [3.05, 3.63) is 59.9 Å². The van der Waals surface area contributed by atoms with E-state index in [1.807, 2.05) is 42.5 Å². The molecule has 0 amide bonds. The Hall–Kier alpha value is -1.80. The third-order valence-electron chi connectivity index (χ3n) is 2.06. The Labute approximate surface area is 101 Å². The molecule has 0 radical (unpaired) electrons. The number of pyridine rings is 1. The van der Waals surface area contributed by atoms with E-state index in [9.17, 15) is 5.11 Å². The summed E-state index contributed by atoms with van der Waals surface area (Å²) in [7, 11) is 0. The van der Waals surface area contributed by atoms with Crippen molar-refractivity contribution < 1.29 is 5.11 Å². The second-order valence-corrected chi connectivity index (χ2v) is 3.15. The Kier molecular flexibility index (Phi) is 4.55. The Morgan fingerprint density at radius 2 is 1.69 bits per heavy atom. The summed E-state index contributed by atoms with van der Waals surface area (Å²) in [5.41, 5.74) is 1.67. The number of hydrogen-bond acceptors (Lipinski definition) is 2. The first kappa shape index (κ1) is 12.3. The molecule has 0 saturated heterocycles. The summed E-state index contributed by atoms with van der Waals surface area (Å²) in [5.74, 6) is 0.282. The SMILES string of the molecule is Cl.Oc1ccccc1/C=C/c1ccccn1. The van der Waals surface area contributed by atoms with E-state index in [1.54, 1.807) is 18.3 Å². The van der Waals surface area contributed by atoms with Crippen molar-refractivity contribution in [3.63, 3.8) is 0 Å². The fourth-order valence-electron chi connectivity index (χ4n) is 1.28. The van der Waals surface area contributed by atoms with Crippen molar-refractivity contribution in [1.29, 1.82) is 0 Å². The lowest BCUT2D eigenvalue weighted by molar-refractivity contribution is 0.474. The van der Waals surface area contributed by atoms with Gasteiger partial charge in [0.2, 0.25) is 0 Å². The Bertz CT molecular complexity index is 468. The first-order chi connectivity index (χ1) is 7.36. The number of benzene rings is 1. The van der Waals surface area contributed by atoms with Gasteiger partial charge in [-0.15, -0.1) is 12.4 Å². The van der Waals surface area contributed by atoms with E-state index in [1.165, 1.54) is 0 Å². The molecule has 0 spiro atoms. The quantitative estimate of drug-likeness (QED) is 0.863. The zero-order valence-corrected chi connectivity index (χ0v) is 9.39. The minimum Gasteiger partial charge on any atom is -0.507 e. The van der Waals surface area contributed by atoms with Crippen molar-refractivity contribution in [2.24, 2.45) is 0 Å². The molecule has 0 unspecified atom stereocenters. The largest absolute Gasteiger partial charge is 0.507 e. The van der Waals surface area contributed by atoms with Crippen LogP contribution in [0.25, 0.3) is 12.2 Å². The number of nitrogens with zero attached hydrogens (tertiary/aromatic N) is 1. The summed E-state index contributed by atoms with van der Waals surface area (Å²) in [6, 6.07) is 12.9. The van der Waals surface area contributed by atoms with Crippen LogP contribution in [0.3, 0.4) is 0 Å². The Balaban J connectivity index is 0.00000128. The van der Waals surface area contributed by atoms with Crippen molar-refractivity contribution in [1.82, 2.24) is 4.98 Å². The van der Waals surface area contributed by atoms with Crippen molar-refractivity contribution >= 4 is 24.6 Å². The summed E-state index contributed by atoms with van der Waals surface area (Å²) in [4.78, 5) is 4.16. The molecule has 0 atom stereocenters. The minimum atomic E-state index is 0. The predicted molar refractivity (Wildman–Crippen MR) is 68.5 cm³/mol. The maximum atomic E-state index is 9.52. The highest BCUT2D eigenvalue weighted by Crippen LogP contribution is 2.17. The molecule has 0 aliphatic rings. The average molecular weight is 234 g/mol. The van der Waals surface area contributed by atoms with Gasteiger partial charge in [-0.1, -0.05) is 24.3 Å². The molecule has 1 heterocycles. The van der Waals surface area contributed by atoms with E-state index in [4.69, 9.17) is 0 Å². The van der Waals surface area contributed by atoms with Gasteiger partial charge in [0.05, 0.1) is 5.69 Å². The van der Waals surface area contributed by atoms with Gasteiger partial charge in [0.15, 0.2) is 0 Å². The number of phenols is 1. The molecule has 1 aromatic carbocycles. The van der Waals surface area contributed by atoms with Gasteiger partial charge in [0.1, 0.15) is 5.75 Å². The van der Waals surface area contributed by atoms with E-state index in [0.717, 1.165) is 11.3 Å². The third-order valence-corrected chi connectivity index (χ3v) is 2.06. The number of phenolic OH excluding ortho intramolecular Hbond substituents is 1. The molecule has 2 rings (SSSR count). The lowest BCUT2D eigenvalue weighted by Gasteiger charge is -1.96. The maximum absolute atomic E-state index is 9.52.